The number of alkyl halides is 1. The van der Waals surface area contributed by atoms with Gasteiger partial charge in [0.05, 0.1) is 4.83 Å². The molecule has 0 saturated heterocycles. The zero-order valence-electron chi connectivity index (χ0n) is 7.65. The van der Waals surface area contributed by atoms with E-state index in [1.165, 1.54) is 6.92 Å². The van der Waals surface area contributed by atoms with E-state index < -0.39 is 33.9 Å². The average Bonchev–Trinajstić information content (AvgIpc) is 2.10. The second kappa shape index (κ2) is 4.65. The van der Waals surface area contributed by atoms with Crippen LogP contribution in [0.3, 0.4) is 0 Å². The van der Waals surface area contributed by atoms with Crippen molar-refractivity contribution in [2.45, 2.75) is 11.8 Å². The second-order valence-electron chi connectivity index (χ2n) is 2.85. The molecule has 82 valence electrons. The number of carbonyl (C=O) groups is 1. The van der Waals surface area contributed by atoms with Crippen LogP contribution < -0.4 is 5.32 Å². The van der Waals surface area contributed by atoms with E-state index in [4.69, 9.17) is 0 Å². The molecule has 1 aromatic carbocycles. The van der Waals surface area contributed by atoms with Crippen molar-refractivity contribution in [3.05, 3.63) is 29.6 Å². The number of nitrogens with one attached hydrogen (secondary N) is 1. The third kappa shape index (κ3) is 2.95. The van der Waals surface area contributed by atoms with Crippen molar-refractivity contribution in [3.8, 4) is 0 Å². The summed E-state index contributed by atoms with van der Waals surface area (Å²) in [5.74, 6) is -3.93. The molecule has 6 heteroatoms. The summed E-state index contributed by atoms with van der Waals surface area (Å²) in [5, 5.41) is 2.00. The number of amides is 1. The van der Waals surface area contributed by atoms with Gasteiger partial charge in [0, 0.05) is 12.1 Å². The molecule has 0 radical (unpaired) electrons. The van der Waals surface area contributed by atoms with Crippen LogP contribution in [0.1, 0.15) is 6.92 Å². The minimum absolute atomic E-state index is 0.498. The average molecular weight is 282 g/mol. The highest BCUT2D eigenvalue weighted by Crippen LogP contribution is 2.20. The Hall–Kier alpha value is -1.04. The van der Waals surface area contributed by atoms with Crippen molar-refractivity contribution in [1.29, 1.82) is 0 Å². The predicted molar refractivity (Wildman–Crippen MR) is 53.3 cm³/mol. The maximum Gasteiger partial charge on any atom is 0.238 e. The van der Waals surface area contributed by atoms with Gasteiger partial charge >= 0.3 is 0 Å². The van der Waals surface area contributed by atoms with Gasteiger partial charge in [0.15, 0.2) is 11.6 Å². The molecule has 0 aliphatic carbocycles. The number of hydrogen-bond donors (Lipinski definition) is 1. The van der Waals surface area contributed by atoms with Gasteiger partial charge in [-0.2, -0.15) is 0 Å². The van der Waals surface area contributed by atoms with Crippen molar-refractivity contribution >= 4 is 27.5 Å². The van der Waals surface area contributed by atoms with Crippen LogP contribution in [0.5, 0.6) is 0 Å². The molecule has 1 rings (SSSR count). The molecule has 0 fully saturated rings. The lowest BCUT2D eigenvalue weighted by Crippen LogP contribution is -2.21. The molecule has 1 N–H and O–H groups in total. The van der Waals surface area contributed by atoms with E-state index in [1.54, 1.807) is 0 Å². The summed E-state index contributed by atoms with van der Waals surface area (Å²) >= 11 is 2.93. The van der Waals surface area contributed by atoms with E-state index in [9.17, 15) is 18.0 Å². The molecule has 0 aromatic heterocycles. The first-order chi connectivity index (χ1) is 6.91. The first-order valence-corrected chi connectivity index (χ1v) is 4.93. The molecule has 0 saturated carbocycles. The van der Waals surface area contributed by atoms with Crippen LogP contribution in [-0.4, -0.2) is 10.7 Å². The number of hydrogen-bond acceptors (Lipinski definition) is 1. The summed E-state index contributed by atoms with van der Waals surface area (Å²) in [4.78, 5) is 10.5. The fourth-order valence-corrected chi connectivity index (χ4v) is 0.999. The van der Waals surface area contributed by atoms with Gasteiger partial charge in [0.1, 0.15) is 11.5 Å². The number of carbonyl (C=O) groups excluding carboxylic acids is 1. The molecule has 2 nitrogen and oxygen atoms in total. The fourth-order valence-electron chi connectivity index (χ4n) is 0.884. The predicted octanol–water partition coefficient (Wildman–Crippen LogP) is 2.83. The van der Waals surface area contributed by atoms with E-state index in [2.05, 4.69) is 15.9 Å². The topological polar surface area (TPSA) is 29.1 Å². The van der Waals surface area contributed by atoms with Crippen molar-refractivity contribution in [2.75, 3.05) is 5.32 Å². The molecule has 15 heavy (non-hydrogen) atoms. The van der Waals surface area contributed by atoms with E-state index >= 15 is 0 Å². The Kier molecular flexibility index (Phi) is 3.73. The number of anilines is 1. The fraction of sp³-hybridized carbons (Fsp3) is 0.222. The lowest BCUT2D eigenvalue weighted by molar-refractivity contribution is -0.115. The maximum atomic E-state index is 13.0. The lowest BCUT2D eigenvalue weighted by Gasteiger charge is -2.08. The van der Waals surface area contributed by atoms with Crippen molar-refractivity contribution in [1.82, 2.24) is 0 Å². The van der Waals surface area contributed by atoms with Crippen molar-refractivity contribution < 1.29 is 18.0 Å². The van der Waals surface area contributed by atoms with Crippen LogP contribution in [0.25, 0.3) is 0 Å². The van der Waals surface area contributed by atoms with E-state index in [1.807, 2.05) is 5.32 Å². The zero-order valence-corrected chi connectivity index (χ0v) is 9.24. The number of halogens is 4. The summed E-state index contributed by atoms with van der Waals surface area (Å²) in [7, 11) is 0. The Balaban J connectivity index is 3.00. The minimum Gasteiger partial charge on any atom is -0.320 e. The minimum atomic E-state index is -1.14. The standard InChI is InChI=1S/C9H7BrF3NO/c1-4(10)9(15)14-8-6(12)2-5(11)3-7(8)13/h2-4H,1H3,(H,14,15). The Morgan fingerprint density at radius 1 is 1.33 bits per heavy atom. The van der Waals surface area contributed by atoms with Crippen molar-refractivity contribution in [2.24, 2.45) is 0 Å². The monoisotopic (exact) mass is 281 g/mol. The van der Waals surface area contributed by atoms with Crippen LogP contribution in [0.15, 0.2) is 12.1 Å². The van der Waals surface area contributed by atoms with E-state index in [0.29, 0.717) is 12.1 Å². The second-order valence-corrected chi connectivity index (χ2v) is 4.22. The Morgan fingerprint density at radius 2 is 1.80 bits per heavy atom. The van der Waals surface area contributed by atoms with Gasteiger partial charge in [0.25, 0.3) is 0 Å². The third-order valence-corrected chi connectivity index (χ3v) is 2.03. The Labute approximate surface area is 92.6 Å². The van der Waals surface area contributed by atoms with E-state index in [0.717, 1.165) is 0 Å². The zero-order chi connectivity index (χ0) is 11.6. The summed E-state index contributed by atoms with van der Waals surface area (Å²) in [5.41, 5.74) is -0.646. The molecule has 1 aromatic rings. The largest absolute Gasteiger partial charge is 0.320 e. The summed E-state index contributed by atoms with van der Waals surface area (Å²) in [6, 6.07) is 0.995. The van der Waals surface area contributed by atoms with Crippen LogP contribution in [0.4, 0.5) is 18.9 Å². The SMILES string of the molecule is CC(Br)C(=O)Nc1c(F)cc(F)cc1F. The lowest BCUT2D eigenvalue weighted by atomic mass is 10.2. The molecule has 1 unspecified atom stereocenters. The summed E-state index contributed by atoms with van der Waals surface area (Å²) in [6.45, 7) is 1.49. The van der Waals surface area contributed by atoms with E-state index in [-0.39, 0.29) is 0 Å². The van der Waals surface area contributed by atoms with Crippen LogP contribution in [0, 0.1) is 17.5 Å². The molecule has 0 aliphatic rings. The smallest absolute Gasteiger partial charge is 0.238 e. The van der Waals surface area contributed by atoms with Crippen molar-refractivity contribution in [3.63, 3.8) is 0 Å². The van der Waals surface area contributed by atoms with Gasteiger partial charge in [-0.05, 0) is 6.92 Å². The van der Waals surface area contributed by atoms with Gasteiger partial charge in [-0.15, -0.1) is 0 Å². The maximum absolute atomic E-state index is 13.0. The molecular formula is C9H7BrF3NO. The van der Waals surface area contributed by atoms with Gasteiger partial charge in [-0.1, -0.05) is 15.9 Å². The van der Waals surface area contributed by atoms with Gasteiger partial charge in [0.2, 0.25) is 5.91 Å². The Morgan fingerprint density at radius 3 is 2.20 bits per heavy atom. The highest BCUT2D eigenvalue weighted by atomic mass is 79.9. The Bertz CT molecular complexity index is 372. The van der Waals surface area contributed by atoms with Gasteiger partial charge < -0.3 is 5.32 Å². The summed E-state index contributed by atoms with van der Waals surface area (Å²) < 4.78 is 38.6. The molecule has 0 heterocycles. The van der Waals surface area contributed by atoms with Gasteiger partial charge in [-0.25, -0.2) is 13.2 Å². The molecular weight excluding hydrogens is 275 g/mol. The number of benzene rings is 1. The third-order valence-electron chi connectivity index (χ3n) is 1.62. The first kappa shape index (κ1) is 12.0. The first-order valence-electron chi connectivity index (χ1n) is 4.01. The highest BCUT2D eigenvalue weighted by Gasteiger charge is 2.16. The highest BCUT2D eigenvalue weighted by molar-refractivity contribution is 9.10. The quantitative estimate of drug-likeness (QED) is 0.830. The van der Waals surface area contributed by atoms with Crippen LogP contribution in [-0.2, 0) is 4.79 Å². The molecule has 1 atom stereocenters. The summed E-state index contributed by atoms with van der Waals surface area (Å²) in [6.07, 6.45) is 0. The molecule has 1 amide bonds. The number of rotatable bonds is 2. The molecule has 0 aliphatic heterocycles. The van der Waals surface area contributed by atoms with Gasteiger partial charge in [-0.3, -0.25) is 4.79 Å². The molecule has 0 spiro atoms. The molecule has 0 bridgehead atoms. The van der Waals surface area contributed by atoms with Crippen LogP contribution in [0.2, 0.25) is 0 Å². The normalized spacial score (nSPS) is 12.3. The van der Waals surface area contributed by atoms with Crippen LogP contribution >= 0.6 is 15.9 Å².